The molecule has 0 radical (unpaired) electrons. The maximum atomic E-state index is 11.7. The van der Waals surface area contributed by atoms with Gasteiger partial charge >= 0.3 is 0 Å². The Kier molecular flexibility index (Phi) is 6.42. The third kappa shape index (κ3) is 5.27. The van der Waals surface area contributed by atoms with Gasteiger partial charge in [0, 0.05) is 11.1 Å². The summed E-state index contributed by atoms with van der Waals surface area (Å²) in [7, 11) is 0. The zero-order valence-electron chi connectivity index (χ0n) is 10.8. The molecule has 0 saturated carbocycles. The molecule has 1 rings (SSSR count). The highest BCUT2D eigenvalue weighted by Crippen LogP contribution is 2.27. The number of benzene rings is 1. The number of ether oxygens (including phenoxy) is 1. The number of nitrogens with one attached hydrogen (secondary N) is 1. The Balaban J connectivity index is 2.52. The summed E-state index contributed by atoms with van der Waals surface area (Å²) in [5, 5.41) is 12.7. The molecule has 0 aliphatic rings. The molecule has 0 heterocycles. The van der Waals surface area contributed by atoms with Gasteiger partial charge in [-0.05, 0) is 18.1 Å². The third-order valence-corrected chi connectivity index (χ3v) is 3.15. The Labute approximate surface area is 122 Å². The molecule has 0 aliphatic carbocycles. The zero-order chi connectivity index (χ0) is 14.4. The van der Waals surface area contributed by atoms with E-state index < -0.39 is 0 Å². The second kappa shape index (κ2) is 7.58. The molecule has 1 amide bonds. The predicted molar refractivity (Wildman–Crippen MR) is 75.8 cm³/mol. The van der Waals surface area contributed by atoms with E-state index in [1.807, 2.05) is 13.8 Å². The summed E-state index contributed by atoms with van der Waals surface area (Å²) in [5.41, 5.74) is 0. The summed E-state index contributed by atoms with van der Waals surface area (Å²) in [4.78, 5) is 11.7. The van der Waals surface area contributed by atoms with Crippen LogP contribution < -0.4 is 10.1 Å². The van der Waals surface area contributed by atoms with E-state index in [1.165, 1.54) is 0 Å². The second-order valence-corrected chi connectivity index (χ2v) is 5.31. The van der Waals surface area contributed by atoms with Crippen molar-refractivity contribution in [2.24, 2.45) is 5.92 Å². The molecule has 4 nitrogen and oxygen atoms in total. The van der Waals surface area contributed by atoms with E-state index in [0.29, 0.717) is 15.8 Å². The number of hydrogen-bond donors (Lipinski definition) is 2. The van der Waals surface area contributed by atoms with Gasteiger partial charge < -0.3 is 15.2 Å². The van der Waals surface area contributed by atoms with Gasteiger partial charge in [0.2, 0.25) is 0 Å². The van der Waals surface area contributed by atoms with Gasteiger partial charge in [0.05, 0.1) is 17.7 Å². The maximum absolute atomic E-state index is 11.7. The van der Waals surface area contributed by atoms with E-state index in [9.17, 15) is 4.79 Å². The van der Waals surface area contributed by atoms with Crippen LogP contribution in [0.5, 0.6) is 5.75 Å². The van der Waals surface area contributed by atoms with Crippen molar-refractivity contribution in [1.29, 1.82) is 0 Å². The SMILES string of the molecule is CC(C)[C@@H](CO)NC(=O)COc1cc(Cl)ccc1Cl. The van der Waals surface area contributed by atoms with Crippen molar-refractivity contribution >= 4 is 29.1 Å². The van der Waals surface area contributed by atoms with Crippen molar-refractivity contribution in [3.63, 3.8) is 0 Å². The Morgan fingerprint density at radius 2 is 2.11 bits per heavy atom. The van der Waals surface area contributed by atoms with Crippen LogP contribution in [0, 0.1) is 5.92 Å². The van der Waals surface area contributed by atoms with Gasteiger partial charge in [0.25, 0.3) is 5.91 Å². The number of halogens is 2. The van der Waals surface area contributed by atoms with Crippen molar-refractivity contribution in [2.45, 2.75) is 19.9 Å². The standard InChI is InChI=1S/C13H17Cl2NO3/c1-8(2)11(6-17)16-13(18)7-19-12-5-9(14)3-4-10(12)15/h3-5,8,11,17H,6-7H2,1-2H3,(H,16,18)/t11-/m1/s1. The molecule has 1 aromatic rings. The first kappa shape index (κ1) is 16.1. The summed E-state index contributed by atoms with van der Waals surface area (Å²) in [6.07, 6.45) is 0. The van der Waals surface area contributed by atoms with Gasteiger partial charge in [0.1, 0.15) is 5.75 Å². The molecular formula is C13H17Cl2NO3. The van der Waals surface area contributed by atoms with E-state index in [-0.39, 0.29) is 31.1 Å². The van der Waals surface area contributed by atoms with E-state index in [0.717, 1.165) is 0 Å². The van der Waals surface area contributed by atoms with Crippen LogP contribution in [0.3, 0.4) is 0 Å². The minimum atomic E-state index is -0.316. The highest BCUT2D eigenvalue weighted by Gasteiger charge is 2.15. The first-order chi connectivity index (χ1) is 8.93. The molecule has 106 valence electrons. The Morgan fingerprint density at radius 3 is 2.68 bits per heavy atom. The topological polar surface area (TPSA) is 58.6 Å². The average Bonchev–Trinajstić information content (AvgIpc) is 2.36. The molecule has 19 heavy (non-hydrogen) atoms. The summed E-state index contributed by atoms with van der Waals surface area (Å²) < 4.78 is 5.29. The molecule has 0 fully saturated rings. The van der Waals surface area contributed by atoms with Crippen LogP contribution in [0.4, 0.5) is 0 Å². The van der Waals surface area contributed by atoms with Crippen molar-refractivity contribution in [2.75, 3.05) is 13.2 Å². The number of aliphatic hydroxyl groups excluding tert-OH is 1. The molecular weight excluding hydrogens is 289 g/mol. The third-order valence-electron chi connectivity index (χ3n) is 2.60. The van der Waals surface area contributed by atoms with Crippen molar-refractivity contribution in [3.8, 4) is 5.75 Å². The zero-order valence-corrected chi connectivity index (χ0v) is 12.3. The normalized spacial score (nSPS) is 12.3. The van der Waals surface area contributed by atoms with E-state index in [1.54, 1.807) is 18.2 Å². The van der Waals surface area contributed by atoms with Crippen LogP contribution in [-0.4, -0.2) is 30.3 Å². The molecule has 0 aliphatic heterocycles. The van der Waals surface area contributed by atoms with Crippen molar-refractivity contribution < 1.29 is 14.6 Å². The number of carbonyl (C=O) groups is 1. The molecule has 0 bridgehead atoms. The Hall–Kier alpha value is -0.970. The highest BCUT2D eigenvalue weighted by molar-refractivity contribution is 6.34. The minimum absolute atomic E-state index is 0.110. The Morgan fingerprint density at radius 1 is 1.42 bits per heavy atom. The van der Waals surface area contributed by atoms with Crippen LogP contribution in [0.25, 0.3) is 0 Å². The largest absolute Gasteiger partial charge is 0.482 e. The van der Waals surface area contributed by atoms with Crippen LogP contribution in [0.2, 0.25) is 10.0 Å². The van der Waals surface area contributed by atoms with Gasteiger partial charge in [0.15, 0.2) is 6.61 Å². The highest BCUT2D eigenvalue weighted by atomic mass is 35.5. The van der Waals surface area contributed by atoms with Crippen LogP contribution in [-0.2, 0) is 4.79 Å². The first-order valence-corrected chi connectivity index (χ1v) is 6.67. The molecule has 0 unspecified atom stereocenters. The monoisotopic (exact) mass is 305 g/mol. The quantitative estimate of drug-likeness (QED) is 0.849. The number of amides is 1. The molecule has 0 aromatic heterocycles. The van der Waals surface area contributed by atoms with Crippen LogP contribution >= 0.6 is 23.2 Å². The number of hydrogen-bond acceptors (Lipinski definition) is 3. The molecule has 0 saturated heterocycles. The van der Waals surface area contributed by atoms with E-state index in [4.69, 9.17) is 33.0 Å². The summed E-state index contributed by atoms with van der Waals surface area (Å²) in [5.74, 6) is 0.182. The van der Waals surface area contributed by atoms with Crippen LogP contribution in [0.15, 0.2) is 18.2 Å². The lowest BCUT2D eigenvalue weighted by Gasteiger charge is -2.20. The number of aliphatic hydroxyl groups is 1. The molecule has 1 atom stereocenters. The molecule has 6 heteroatoms. The number of rotatable bonds is 6. The fraction of sp³-hybridized carbons (Fsp3) is 0.462. The lowest BCUT2D eigenvalue weighted by Crippen LogP contribution is -2.43. The van der Waals surface area contributed by atoms with Gasteiger partial charge in [-0.1, -0.05) is 37.0 Å². The van der Waals surface area contributed by atoms with Crippen LogP contribution in [0.1, 0.15) is 13.8 Å². The van der Waals surface area contributed by atoms with Gasteiger partial charge in [-0.3, -0.25) is 4.79 Å². The van der Waals surface area contributed by atoms with E-state index in [2.05, 4.69) is 5.32 Å². The van der Waals surface area contributed by atoms with Crippen molar-refractivity contribution in [3.05, 3.63) is 28.2 Å². The fourth-order valence-electron chi connectivity index (χ4n) is 1.40. The lowest BCUT2D eigenvalue weighted by atomic mass is 10.1. The summed E-state index contributed by atoms with van der Waals surface area (Å²) in [6, 6.07) is 4.49. The minimum Gasteiger partial charge on any atom is -0.482 e. The average molecular weight is 306 g/mol. The fourth-order valence-corrected chi connectivity index (χ4v) is 1.74. The predicted octanol–water partition coefficient (Wildman–Crippen LogP) is 2.51. The molecule has 1 aromatic carbocycles. The molecule has 0 spiro atoms. The summed E-state index contributed by atoms with van der Waals surface area (Å²) in [6.45, 7) is 3.54. The molecule has 2 N–H and O–H groups in total. The van der Waals surface area contributed by atoms with E-state index >= 15 is 0 Å². The van der Waals surface area contributed by atoms with Gasteiger partial charge in [-0.15, -0.1) is 0 Å². The smallest absolute Gasteiger partial charge is 0.258 e. The lowest BCUT2D eigenvalue weighted by molar-refractivity contribution is -0.124. The maximum Gasteiger partial charge on any atom is 0.258 e. The van der Waals surface area contributed by atoms with Crippen molar-refractivity contribution in [1.82, 2.24) is 5.32 Å². The second-order valence-electron chi connectivity index (χ2n) is 4.46. The van der Waals surface area contributed by atoms with Gasteiger partial charge in [-0.2, -0.15) is 0 Å². The summed E-state index contributed by atoms with van der Waals surface area (Å²) >= 11 is 11.7. The first-order valence-electron chi connectivity index (χ1n) is 5.92. The van der Waals surface area contributed by atoms with Gasteiger partial charge in [-0.25, -0.2) is 0 Å². The number of carbonyl (C=O) groups excluding carboxylic acids is 1. The Bertz CT molecular complexity index is 438.